The first-order valence-corrected chi connectivity index (χ1v) is 6.15. The molecule has 0 saturated carbocycles. The minimum atomic E-state index is -1.44. The molecule has 2 aromatic rings. The number of carbonyl (C=O) groups excluding carboxylic acids is 1. The lowest BCUT2D eigenvalue weighted by Gasteiger charge is -2.22. The second-order valence-corrected chi connectivity index (χ2v) is 4.74. The number of carboxylic acids is 1. The van der Waals surface area contributed by atoms with Crippen molar-refractivity contribution in [2.24, 2.45) is 0 Å². The molecule has 1 aromatic heterocycles. The van der Waals surface area contributed by atoms with Crippen LogP contribution in [0.15, 0.2) is 48.7 Å². The van der Waals surface area contributed by atoms with Crippen molar-refractivity contribution in [1.82, 2.24) is 4.57 Å². The summed E-state index contributed by atoms with van der Waals surface area (Å²) in [5, 5.41) is 9.63. The fourth-order valence-electron chi connectivity index (χ4n) is 2.79. The monoisotopic (exact) mass is 255 g/mol. The molecule has 0 radical (unpaired) electrons. The fourth-order valence-corrected chi connectivity index (χ4v) is 2.79. The highest BCUT2D eigenvalue weighted by Gasteiger charge is 2.52. The van der Waals surface area contributed by atoms with Gasteiger partial charge < -0.3 is 9.67 Å². The SMILES string of the molecule is O=C(O)C1(C(=O)c2ccccc2)CCn2cccc21. The van der Waals surface area contributed by atoms with Gasteiger partial charge in [-0.3, -0.25) is 9.59 Å². The number of hydrogen-bond acceptors (Lipinski definition) is 2. The van der Waals surface area contributed by atoms with Gasteiger partial charge in [0.05, 0.1) is 0 Å². The number of ketones is 1. The summed E-state index contributed by atoms with van der Waals surface area (Å²) < 4.78 is 1.84. The minimum Gasteiger partial charge on any atom is -0.480 e. The molecular formula is C15H13NO3. The summed E-state index contributed by atoms with van der Waals surface area (Å²) in [6, 6.07) is 12.1. The van der Waals surface area contributed by atoms with E-state index in [-0.39, 0.29) is 5.78 Å². The molecule has 2 heterocycles. The molecule has 0 saturated heterocycles. The van der Waals surface area contributed by atoms with E-state index in [0.29, 0.717) is 24.2 Å². The van der Waals surface area contributed by atoms with Crippen LogP contribution in [-0.4, -0.2) is 21.4 Å². The smallest absolute Gasteiger partial charge is 0.323 e. The van der Waals surface area contributed by atoms with E-state index in [0.717, 1.165) is 0 Å². The Morgan fingerprint density at radius 2 is 1.84 bits per heavy atom. The zero-order valence-corrected chi connectivity index (χ0v) is 10.2. The van der Waals surface area contributed by atoms with Gasteiger partial charge in [0.2, 0.25) is 0 Å². The Balaban J connectivity index is 2.15. The molecule has 1 aliphatic rings. The van der Waals surface area contributed by atoms with Gasteiger partial charge in [0.1, 0.15) is 0 Å². The molecule has 0 aliphatic carbocycles. The lowest BCUT2D eigenvalue weighted by Crippen LogP contribution is -2.42. The summed E-state index contributed by atoms with van der Waals surface area (Å²) in [7, 11) is 0. The Bertz CT molecular complexity index is 644. The van der Waals surface area contributed by atoms with Gasteiger partial charge in [-0.15, -0.1) is 0 Å². The quantitative estimate of drug-likeness (QED) is 0.675. The van der Waals surface area contributed by atoms with Crippen molar-refractivity contribution < 1.29 is 14.7 Å². The summed E-state index contributed by atoms with van der Waals surface area (Å²) in [5.74, 6) is -1.41. The third-order valence-electron chi connectivity index (χ3n) is 3.78. The average Bonchev–Trinajstić information content (AvgIpc) is 3.00. The van der Waals surface area contributed by atoms with Crippen LogP contribution in [0.2, 0.25) is 0 Å². The van der Waals surface area contributed by atoms with Gasteiger partial charge in [0.15, 0.2) is 11.2 Å². The summed E-state index contributed by atoms with van der Waals surface area (Å²) in [6.07, 6.45) is 2.13. The van der Waals surface area contributed by atoms with Crippen LogP contribution in [0.5, 0.6) is 0 Å². The average molecular weight is 255 g/mol. The topological polar surface area (TPSA) is 59.3 Å². The Kier molecular flexibility index (Phi) is 2.52. The standard InChI is InChI=1S/C15H13NO3/c17-13(11-5-2-1-3-6-11)15(14(18)19)8-10-16-9-4-7-12(15)16/h1-7,9H,8,10H2,(H,18,19). The molecule has 1 atom stereocenters. The Labute approximate surface area is 110 Å². The minimum absolute atomic E-state index is 0.312. The molecule has 1 aliphatic heterocycles. The molecule has 4 nitrogen and oxygen atoms in total. The third kappa shape index (κ3) is 1.53. The van der Waals surface area contributed by atoms with Crippen molar-refractivity contribution in [2.45, 2.75) is 18.4 Å². The van der Waals surface area contributed by atoms with Crippen LogP contribution in [0, 0.1) is 0 Å². The van der Waals surface area contributed by atoms with Crippen LogP contribution in [0.4, 0.5) is 0 Å². The number of benzene rings is 1. The van der Waals surface area contributed by atoms with E-state index in [1.807, 2.05) is 16.8 Å². The first-order valence-electron chi connectivity index (χ1n) is 6.15. The van der Waals surface area contributed by atoms with E-state index < -0.39 is 11.4 Å². The Hall–Kier alpha value is -2.36. The van der Waals surface area contributed by atoms with Crippen LogP contribution in [0.3, 0.4) is 0 Å². The van der Waals surface area contributed by atoms with E-state index in [2.05, 4.69) is 0 Å². The van der Waals surface area contributed by atoms with Gasteiger partial charge >= 0.3 is 5.97 Å². The molecule has 0 fully saturated rings. The van der Waals surface area contributed by atoms with Gasteiger partial charge in [-0.1, -0.05) is 30.3 Å². The van der Waals surface area contributed by atoms with Crippen molar-refractivity contribution in [1.29, 1.82) is 0 Å². The second-order valence-electron chi connectivity index (χ2n) is 4.74. The number of rotatable bonds is 3. The summed E-state index contributed by atoms with van der Waals surface area (Å²) in [4.78, 5) is 24.4. The molecule has 19 heavy (non-hydrogen) atoms. The van der Waals surface area contributed by atoms with Crippen molar-refractivity contribution in [2.75, 3.05) is 0 Å². The van der Waals surface area contributed by atoms with Crippen LogP contribution in [0.25, 0.3) is 0 Å². The molecule has 1 N–H and O–H groups in total. The zero-order chi connectivity index (χ0) is 13.5. The normalized spacial score (nSPS) is 21.1. The maximum absolute atomic E-state index is 12.7. The lowest BCUT2D eigenvalue weighted by molar-refractivity contribution is -0.141. The van der Waals surface area contributed by atoms with Crippen LogP contribution in [-0.2, 0) is 16.8 Å². The molecular weight excluding hydrogens is 242 g/mol. The molecule has 3 rings (SSSR count). The van der Waals surface area contributed by atoms with Gasteiger partial charge in [0, 0.05) is 24.0 Å². The molecule has 1 unspecified atom stereocenters. The summed E-state index contributed by atoms with van der Waals surface area (Å²) in [6.45, 7) is 0.563. The van der Waals surface area contributed by atoms with Gasteiger partial charge in [-0.05, 0) is 18.6 Å². The molecule has 0 spiro atoms. The van der Waals surface area contributed by atoms with E-state index in [1.165, 1.54) is 0 Å². The first kappa shape index (κ1) is 11.7. The Morgan fingerprint density at radius 3 is 2.53 bits per heavy atom. The van der Waals surface area contributed by atoms with Crippen molar-refractivity contribution >= 4 is 11.8 Å². The van der Waals surface area contributed by atoms with Crippen molar-refractivity contribution in [3.63, 3.8) is 0 Å². The Morgan fingerprint density at radius 1 is 1.11 bits per heavy atom. The molecule has 0 amide bonds. The number of carboxylic acid groups (broad SMARTS) is 1. The molecule has 96 valence electrons. The third-order valence-corrected chi connectivity index (χ3v) is 3.78. The lowest BCUT2D eigenvalue weighted by atomic mass is 9.76. The van der Waals surface area contributed by atoms with Gasteiger partial charge in [0.25, 0.3) is 0 Å². The van der Waals surface area contributed by atoms with Gasteiger partial charge in [-0.2, -0.15) is 0 Å². The number of aliphatic carboxylic acids is 1. The molecule has 4 heteroatoms. The first-order chi connectivity index (χ1) is 9.16. The number of aromatic nitrogens is 1. The zero-order valence-electron chi connectivity index (χ0n) is 10.2. The molecule has 1 aromatic carbocycles. The highest BCUT2D eigenvalue weighted by atomic mass is 16.4. The fraction of sp³-hybridized carbons (Fsp3) is 0.200. The predicted octanol–water partition coefficient (Wildman–Crippen LogP) is 2.10. The van der Waals surface area contributed by atoms with E-state index in [1.54, 1.807) is 36.4 Å². The number of nitrogens with zero attached hydrogens (tertiary/aromatic N) is 1. The van der Waals surface area contributed by atoms with Crippen LogP contribution < -0.4 is 0 Å². The number of carbonyl (C=O) groups is 2. The highest BCUT2D eigenvalue weighted by Crippen LogP contribution is 2.38. The number of Topliss-reactive ketones (excluding diaryl/α,β-unsaturated/α-hetero) is 1. The van der Waals surface area contributed by atoms with Crippen LogP contribution in [0.1, 0.15) is 22.5 Å². The number of fused-ring (bicyclic) bond motifs is 1. The maximum atomic E-state index is 12.7. The molecule has 0 bridgehead atoms. The van der Waals surface area contributed by atoms with E-state index >= 15 is 0 Å². The van der Waals surface area contributed by atoms with Crippen molar-refractivity contribution in [3.05, 3.63) is 59.9 Å². The second kappa shape index (κ2) is 4.09. The van der Waals surface area contributed by atoms with Crippen LogP contribution >= 0.6 is 0 Å². The number of hydrogen-bond donors (Lipinski definition) is 1. The highest BCUT2D eigenvalue weighted by molar-refractivity contribution is 6.16. The largest absolute Gasteiger partial charge is 0.480 e. The predicted molar refractivity (Wildman–Crippen MR) is 69.1 cm³/mol. The van der Waals surface area contributed by atoms with Crippen molar-refractivity contribution in [3.8, 4) is 0 Å². The number of aryl methyl sites for hydroxylation is 1. The summed E-state index contributed by atoms with van der Waals surface area (Å²) in [5.41, 5.74) is -0.418. The van der Waals surface area contributed by atoms with Gasteiger partial charge in [-0.25, -0.2) is 0 Å². The van der Waals surface area contributed by atoms with E-state index in [9.17, 15) is 14.7 Å². The maximum Gasteiger partial charge on any atom is 0.323 e. The summed E-state index contributed by atoms with van der Waals surface area (Å²) >= 11 is 0. The van der Waals surface area contributed by atoms with E-state index in [4.69, 9.17) is 0 Å².